The van der Waals surface area contributed by atoms with Gasteiger partial charge in [0.05, 0.1) is 24.6 Å². The molecular formula is C13H16BrNO4. The Bertz CT molecular complexity index is 492. The Morgan fingerprint density at radius 1 is 1.42 bits per heavy atom. The van der Waals surface area contributed by atoms with E-state index in [0.29, 0.717) is 24.5 Å². The lowest BCUT2D eigenvalue weighted by molar-refractivity contribution is -0.141. The highest BCUT2D eigenvalue weighted by Crippen LogP contribution is 2.40. The molecule has 5 nitrogen and oxygen atoms in total. The number of nitrogens with one attached hydrogen (secondary N) is 1. The zero-order valence-corrected chi connectivity index (χ0v) is 12.4. The normalized spacial score (nSPS) is 22.3. The van der Waals surface area contributed by atoms with Crippen LogP contribution in [0.4, 0.5) is 0 Å². The van der Waals surface area contributed by atoms with Crippen LogP contribution >= 0.6 is 15.9 Å². The number of carboxylic acids is 1. The highest BCUT2D eigenvalue weighted by Gasteiger charge is 2.32. The molecule has 2 rings (SSSR count). The van der Waals surface area contributed by atoms with Gasteiger partial charge < -0.3 is 19.9 Å². The molecule has 0 bridgehead atoms. The number of aliphatic carboxylic acids is 1. The molecule has 2 atom stereocenters. The number of hydrogen-bond acceptors (Lipinski definition) is 4. The number of hydrogen-bond donors (Lipinski definition) is 2. The lowest BCUT2D eigenvalue weighted by Crippen LogP contribution is -2.17. The van der Waals surface area contributed by atoms with Crippen molar-refractivity contribution in [3.8, 4) is 11.5 Å². The molecule has 1 aliphatic rings. The lowest BCUT2D eigenvalue weighted by atomic mass is 9.99. The summed E-state index contributed by atoms with van der Waals surface area (Å²) < 4.78 is 11.4. The molecule has 1 aromatic carbocycles. The van der Waals surface area contributed by atoms with Gasteiger partial charge in [0.25, 0.3) is 0 Å². The number of ether oxygens (including phenoxy) is 2. The molecule has 6 heteroatoms. The Balaban J connectivity index is 2.33. The highest BCUT2D eigenvalue weighted by molar-refractivity contribution is 9.10. The van der Waals surface area contributed by atoms with E-state index in [1.54, 1.807) is 14.2 Å². The van der Waals surface area contributed by atoms with Gasteiger partial charge in [-0.3, -0.25) is 4.79 Å². The Kier molecular flexibility index (Phi) is 4.31. The van der Waals surface area contributed by atoms with Crippen LogP contribution in [0.25, 0.3) is 0 Å². The van der Waals surface area contributed by atoms with E-state index in [4.69, 9.17) is 14.6 Å². The largest absolute Gasteiger partial charge is 0.497 e. The van der Waals surface area contributed by atoms with Gasteiger partial charge in [-0.25, -0.2) is 0 Å². The molecule has 0 aromatic heterocycles. The number of carboxylic acid groups (broad SMARTS) is 1. The molecule has 1 aromatic rings. The van der Waals surface area contributed by atoms with Crippen LogP contribution in [-0.4, -0.2) is 31.8 Å². The van der Waals surface area contributed by atoms with E-state index < -0.39 is 5.97 Å². The summed E-state index contributed by atoms with van der Waals surface area (Å²) in [5, 5.41) is 12.3. The molecule has 2 unspecified atom stereocenters. The molecule has 0 saturated carbocycles. The van der Waals surface area contributed by atoms with Crippen LogP contribution in [-0.2, 0) is 4.79 Å². The summed E-state index contributed by atoms with van der Waals surface area (Å²) in [6, 6.07) is 3.67. The van der Waals surface area contributed by atoms with E-state index in [1.807, 2.05) is 12.1 Å². The second kappa shape index (κ2) is 5.79. The van der Waals surface area contributed by atoms with Crippen molar-refractivity contribution in [1.82, 2.24) is 5.32 Å². The molecular weight excluding hydrogens is 314 g/mol. The van der Waals surface area contributed by atoms with Crippen LogP contribution in [0.1, 0.15) is 18.0 Å². The Morgan fingerprint density at radius 3 is 2.68 bits per heavy atom. The first-order chi connectivity index (χ1) is 9.06. The van der Waals surface area contributed by atoms with Crippen molar-refractivity contribution in [1.29, 1.82) is 0 Å². The van der Waals surface area contributed by atoms with Crippen molar-refractivity contribution in [2.45, 2.75) is 12.5 Å². The predicted molar refractivity (Wildman–Crippen MR) is 73.7 cm³/mol. The molecule has 19 heavy (non-hydrogen) atoms. The maximum Gasteiger partial charge on any atom is 0.307 e. The third-order valence-electron chi connectivity index (χ3n) is 3.34. The van der Waals surface area contributed by atoms with Gasteiger partial charge in [0.1, 0.15) is 11.5 Å². The van der Waals surface area contributed by atoms with Crippen molar-refractivity contribution >= 4 is 21.9 Å². The first kappa shape index (κ1) is 14.1. The summed E-state index contributed by atoms with van der Waals surface area (Å²) >= 11 is 3.44. The first-order valence-electron chi connectivity index (χ1n) is 5.94. The minimum atomic E-state index is -0.768. The highest BCUT2D eigenvalue weighted by atomic mass is 79.9. The second-order valence-electron chi connectivity index (χ2n) is 4.46. The van der Waals surface area contributed by atoms with Crippen LogP contribution in [0.5, 0.6) is 11.5 Å². The van der Waals surface area contributed by atoms with Gasteiger partial charge in [-0.1, -0.05) is 0 Å². The van der Waals surface area contributed by atoms with E-state index in [0.717, 1.165) is 10.0 Å². The van der Waals surface area contributed by atoms with E-state index in [1.165, 1.54) is 0 Å². The van der Waals surface area contributed by atoms with E-state index in [-0.39, 0.29) is 12.0 Å². The van der Waals surface area contributed by atoms with Crippen LogP contribution in [0.15, 0.2) is 16.6 Å². The molecule has 1 aliphatic heterocycles. The van der Waals surface area contributed by atoms with E-state index in [9.17, 15) is 4.79 Å². The third kappa shape index (κ3) is 2.84. The molecule has 1 saturated heterocycles. The minimum absolute atomic E-state index is 0.0394. The number of methoxy groups -OCH3 is 2. The van der Waals surface area contributed by atoms with Crippen LogP contribution < -0.4 is 14.8 Å². The van der Waals surface area contributed by atoms with Crippen LogP contribution in [0.3, 0.4) is 0 Å². The average Bonchev–Trinajstić information content (AvgIpc) is 2.87. The molecule has 0 spiro atoms. The van der Waals surface area contributed by atoms with Crippen molar-refractivity contribution in [3.05, 3.63) is 22.2 Å². The summed E-state index contributed by atoms with van der Waals surface area (Å²) in [5.41, 5.74) is 0.914. The number of halogens is 1. The standard InChI is InChI=1S/C13H16BrNO4/c1-18-8-4-9(12(19-2)10(14)5-8)11-3-7(6-15-11)13(16)17/h4-5,7,11,15H,3,6H2,1-2H3,(H,16,17). The summed E-state index contributed by atoms with van der Waals surface area (Å²) in [6.45, 7) is 0.470. The molecule has 1 heterocycles. The maximum absolute atomic E-state index is 11.0. The third-order valence-corrected chi connectivity index (χ3v) is 3.93. The van der Waals surface area contributed by atoms with E-state index >= 15 is 0 Å². The quantitative estimate of drug-likeness (QED) is 0.886. The van der Waals surface area contributed by atoms with Gasteiger partial charge in [0.15, 0.2) is 0 Å². The maximum atomic E-state index is 11.0. The number of carbonyl (C=O) groups is 1. The average molecular weight is 330 g/mol. The fraction of sp³-hybridized carbons (Fsp3) is 0.462. The van der Waals surface area contributed by atoms with Crippen molar-refractivity contribution in [2.24, 2.45) is 5.92 Å². The first-order valence-corrected chi connectivity index (χ1v) is 6.73. The SMILES string of the molecule is COc1cc(Br)c(OC)c(C2CC(C(=O)O)CN2)c1. The fourth-order valence-corrected chi connectivity index (χ4v) is 2.96. The van der Waals surface area contributed by atoms with Crippen LogP contribution in [0, 0.1) is 5.92 Å². The van der Waals surface area contributed by atoms with Gasteiger partial charge in [-0.2, -0.15) is 0 Å². The fourth-order valence-electron chi connectivity index (χ4n) is 2.34. The Labute approximate surface area is 120 Å². The van der Waals surface area contributed by atoms with Crippen LogP contribution in [0.2, 0.25) is 0 Å². The van der Waals surface area contributed by atoms with Gasteiger partial charge in [0, 0.05) is 18.2 Å². The number of rotatable bonds is 4. The summed E-state index contributed by atoms with van der Waals surface area (Å²) in [6.07, 6.45) is 0.547. The summed E-state index contributed by atoms with van der Waals surface area (Å²) in [4.78, 5) is 11.0. The van der Waals surface area contributed by atoms with Gasteiger partial charge >= 0.3 is 5.97 Å². The molecule has 0 radical (unpaired) electrons. The second-order valence-corrected chi connectivity index (χ2v) is 5.32. The minimum Gasteiger partial charge on any atom is -0.497 e. The topological polar surface area (TPSA) is 67.8 Å². The lowest BCUT2D eigenvalue weighted by Gasteiger charge is -2.17. The van der Waals surface area contributed by atoms with Gasteiger partial charge in [-0.15, -0.1) is 0 Å². The zero-order chi connectivity index (χ0) is 14.0. The Hall–Kier alpha value is -1.27. The predicted octanol–water partition coefficient (Wildman–Crippen LogP) is 2.20. The summed E-state index contributed by atoms with van der Waals surface area (Å²) in [7, 11) is 3.19. The zero-order valence-electron chi connectivity index (χ0n) is 10.8. The number of benzene rings is 1. The van der Waals surface area contributed by atoms with Crippen molar-refractivity contribution in [2.75, 3.05) is 20.8 Å². The summed E-state index contributed by atoms with van der Waals surface area (Å²) in [5.74, 6) is 0.295. The Morgan fingerprint density at radius 2 is 2.16 bits per heavy atom. The van der Waals surface area contributed by atoms with Gasteiger partial charge in [-0.05, 0) is 34.5 Å². The monoisotopic (exact) mass is 329 g/mol. The van der Waals surface area contributed by atoms with Gasteiger partial charge in [0.2, 0.25) is 0 Å². The smallest absolute Gasteiger partial charge is 0.307 e. The molecule has 0 aliphatic carbocycles. The van der Waals surface area contributed by atoms with Crippen molar-refractivity contribution < 1.29 is 19.4 Å². The molecule has 2 N–H and O–H groups in total. The molecule has 1 fully saturated rings. The molecule has 0 amide bonds. The van der Waals surface area contributed by atoms with E-state index in [2.05, 4.69) is 21.2 Å². The van der Waals surface area contributed by atoms with Crippen molar-refractivity contribution in [3.63, 3.8) is 0 Å². The molecule has 104 valence electrons.